The molecule has 0 spiro atoms. The third-order valence-electron chi connectivity index (χ3n) is 4.74. The summed E-state index contributed by atoms with van der Waals surface area (Å²) >= 11 is 0. The number of aromatic nitrogens is 2. The van der Waals surface area contributed by atoms with E-state index >= 15 is 0 Å². The van der Waals surface area contributed by atoms with Crippen LogP contribution in [0.2, 0.25) is 0 Å². The highest BCUT2D eigenvalue weighted by molar-refractivity contribution is 5.76. The molecule has 3 atom stereocenters. The van der Waals surface area contributed by atoms with Crippen molar-refractivity contribution in [1.29, 1.82) is 0 Å². The van der Waals surface area contributed by atoms with Crippen molar-refractivity contribution in [3.63, 3.8) is 0 Å². The van der Waals surface area contributed by atoms with Crippen LogP contribution in [0.25, 0.3) is 0 Å². The van der Waals surface area contributed by atoms with E-state index in [0.717, 1.165) is 25.0 Å². The molecule has 0 radical (unpaired) electrons. The van der Waals surface area contributed by atoms with Crippen LogP contribution >= 0.6 is 0 Å². The van der Waals surface area contributed by atoms with E-state index < -0.39 is 17.9 Å². The largest absolute Gasteiger partial charge is 0.490 e. The third kappa shape index (κ3) is 4.44. The van der Waals surface area contributed by atoms with Gasteiger partial charge in [-0.15, -0.1) is 0 Å². The summed E-state index contributed by atoms with van der Waals surface area (Å²) in [5.41, 5.74) is -0.450. The molecular formula is C17H22F3N3O3. The van der Waals surface area contributed by atoms with Crippen molar-refractivity contribution in [3.05, 3.63) is 18.1 Å². The summed E-state index contributed by atoms with van der Waals surface area (Å²) in [7, 11) is 0. The van der Waals surface area contributed by atoms with Crippen LogP contribution in [-0.4, -0.2) is 40.0 Å². The van der Waals surface area contributed by atoms with Crippen LogP contribution < -0.4 is 10.1 Å². The van der Waals surface area contributed by atoms with Crippen LogP contribution in [0.4, 0.5) is 13.2 Å². The molecule has 0 amide bonds. The van der Waals surface area contributed by atoms with E-state index in [1.165, 1.54) is 6.20 Å². The van der Waals surface area contributed by atoms with E-state index in [-0.39, 0.29) is 18.6 Å². The number of ether oxygens (including phenoxy) is 2. The van der Waals surface area contributed by atoms with Gasteiger partial charge in [0.15, 0.2) is 5.72 Å². The number of piperidine rings is 1. The molecule has 2 fully saturated rings. The second-order valence-electron chi connectivity index (χ2n) is 6.89. The van der Waals surface area contributed by atoms with Crippen LogP contribution in [0.5, 0.6) is 5.88 Å². The second kappa shape index (κ2) is 7.38. The highest BCUT2D eigenvalue weighted by Crippen LogP contribution is 2.39. The quantitative estimate of drug-likeness (QED) is 0.773. The van der Waals surface area contributed by atoms with Crippen LogP contribution in [0.1, 0.15) is 51.1 Å². The molecule has 3 rings (SSSR count). The molecule has 2 saturated heterocycles. The number of alkyl halides is 3. The van der Waals surface area contributed by atoms with Crippen molar-refractivity contribution in [3.8, 4) is 5.88 Å². The number of hydrogen-bond donors (Lipinski definition) is 1. The number of carbonyl (C=O) groups excluding carboxylic acids is 1. The minimum absolute atomic E-state index is 0.0495. The molecule has 3 unspecified atom stereocenters. The molecule has 26 heavy (non-hydrogen) atoms. The lowest BCUT2D eigenvalue weighted by Crippen LogP contribution is -2.56. The first-order chi connectivity index (χ1) is 12.3. The van der Waals surface area contributed by atoms with E-state index in [2.05, 4.69) is 22.2 Å². The fourth-order valence-corrected chi connectivity index (χ4v) is 3.54. The number of halogens is 3. The van der Waals surface area contributed by atoms with E-state index in [4.69, 9.17) is 9.47 Å². The molecule has 144 valence electrons. The Hall–Kier alpha value is -1.90. The molecule has 3 heterocycles. The minimum Gasteiger partial charge on any atom is -0.473 e. The van der Waals surface area contributed by atoms with Crippen molar-refractivity contribution in [2.45, 2.75) is 75.9 Å². The number of unbranched alkanes of at least 4 members (excludes halogenated alkanes) is 1. The van der Waals surface area contributed by atoms with Gasteiger partial charge in [-0.3, -0.25) is 10.3 Å². The number of nitrogens with zero attached hydrogens (tertiary/aromatic N) is 2. The van der Waals surface area contributed by atoms with Crippen LogP contribution in [0.15, 0.2) is 12.4 Å². The van der Waals surface area contributed by atoms with Crippen molar-refractivity contribution in [1.82, 2.24) is 15.3 Å². The fraction of sp³-hybridized carbons (Fsp3) is 0.706. The summed E-state index contributed by atoms with van der Waals surface area (Å²) in [5, 5.41) is 3.00. The molecule has 0 saturated carbocycles. The summed E-state index contributed by atoms with van der Waals surface area (Å²) in [5.74, 6) is -1.85. The van der Waals surface area contributed by atoms with Gasteiger partial charge < -0.3 is 9.47 Å². The SMILES string of the molecule is CCCCc1cnc(OC2CC3CCC(OC(=O)C(F)(F)F)(C2)N3)cn1. The number of hydrogen-bond acceptors (Lipinski definition) is 6. The molecule has 2 aliphatic heterocycles. The van der Waals surface area contributed by atoms with E-state index in [0.29, 0.717) is 25.1 Å². The number of fused-ring (bicyclic) bond motifs is 2. The molecule has 6 nitrogen and oxygen atoms in total. The Balaban J connectivity index is 1.62. The van der Waals surface area contributed by atoms with E-state index in [9.17, 15) is 18.0 Å². The lowest BCUT2D eigenvalue weighted by atomic mass is 9.99. The molecule has 1 N–H and O–H groups in total. The summed E-state index contributed by atoms with van der Waals surface area (Å²) in [6, 6.07) is -0.0495. The smallest absolute Gasteiger partial charge is 0.473 e. The number of aryl methyl sites for hydroxylation is 1. The second-order valence-corrected chi connectivity index (χ2v) is 6.89. The molecular weight excluding hydrogens is 351 g/mol. The van der Waals surface area contributed by atoms with Gasteiger partial charge in [-0.25, -0.2) is 9.78 Å². The predicted molar refractivity (Wildman–Crippen MR) is 85.3 cm³/mol. The zero-order chi connectivity index (χ0) is 18.8. The van der Waals surface area contributed by atoms with Gasteiger partial charge in [-0.05, 0) is 19.3 Å². The zero-order valence-electron chi connectivity index (χ0n) is 14.5. The maximum Gasteiger partial charge on any atom is 0.490 e. The topological polar surface area (TPSA) is 73.3 Å². The third-order valence-corrected chi connectivity index (χ3v) is 4.74. The Morgan fingerprint density at radius 1 is 1.38 bits per heavy atom. The van der Waals surface area contributed by atoms with Crippen molar-refractivity contribution < 1.29 is 27.4 Å². The first-order valence-corrected chi connectivity index (χ1v) is 8.85. The molecule has 1 aromatic rings. The standard InChI is InChI=1S/C17H22F3N3O3/c1-2-3-4-12-9-22-14(10-21-12)25-13-7-11-5-6-16(8-13,23-11)26-15(24)17(18,19)20/h9-11,13,23H,2-8H2,1H3. The van der Waals surface area contributed by atoms with Gasteiger partial charge >= 0.3 is 12.1 Å². The number of carbonyl (C=O) groups is 1. The minimum atomic E-state index is -5.01. The monoisotopic (exact) mass is 373 g/mol. The molecule has 1 aromatic heterocycles. The Morgan fingerprint density at radius 2 is 2.19 bits per heavy atom. The Morgan fingerprint density at radius 3 is 2.85 bits per heavy atom. The Kier molecular flexibility index (Phi) is 5.36. The van der Waals surface area contributed by atoms with Crippen molar-refractivity contribution in [2.24, 2.45) is 0 Å². The molecule has 0 aromatic carbocycles. The summed E-state index contributed by atoms with van der Waals surface area (Å²) in [4.78, 5) is 19.8. The Bertz CT molecular complexity index is 638. The zero-order valence-corrected chi connectivity index (χ0v) is 14.5. The normalized spacial score (nSPS) is 28.0. The van der Waals surface area contributed by atoms with Gasteiger partial charge in [0.1, 0.15) is 6.10 Å². The average molecular weight is 373 g/mol. The first kappa shape index (κ1) is 18.9. The van der Waals surface area contributed by atoms with Crippen molar-refractivity contribution >= 4 is 5.97 Å². The van der Waals surface area contributed by atoms with E-state index in [1.54, 1.807) is 6.20 Å². The lowest BCUT2D eigenvalue weighted by Gasteiger charge is -2.38. The molecule has 9 heteroatoms. The fourth-order valence-electron chi connectivity index (χ4n) is 3.54. The molecule has 2 aliphatic rings. The number of rotatable bonds is 6. The highest BCUT2D eigenvalue weighted by atomic mass is 19.4. The highest BCUT2D eigenvalue weighted by Gasteiger charge is 2.53. The van der Waals surface area contributed by atoms with Gasteiger partial charge in [0.25, 0.3) is 0 Å². The Labute approximate surface area is 149 Å². The van der Waals surface area contributed by atoms with Gasteiger partial charge in [0.05, 0.1) is 18.1 Å². The van der Waals surface area contributed by atoms with Crippen LogP contribution in [0.3, 0.4) is 0 Å². The molecule has 0 aliphatic carbocycles. The first-order valence-electron chi connectivity index (χ1n) is 8.85. The van der Waals surface area contributed by atoms with Gasteiger partial charge in [0, 0.05) is 25.3 Å². The van der Waals surface area contributed by atoms with Crippen LogP contribution in [-0.2, 0) is 16.0 Å². The molecule has 2 bridgehead atoms. The number of esters is 1. The summed E-state index contributed by atoms with van der Waals surface area (Å²) in [6.07, 6.45) is 2.44. The maximum atomic E-state index is 12.5. The summed E-state index contributed by atoms with van der Waals surface area (Å²) < 4.78 is 48.2. The lowest BCUT2D eigenvalue weighted by molar-refractivity contribution is -0.219. The van der Waals surface area contributed by atoms with Gasteiger partial charge in [-0.2, -0.15) is 13.2 Å². The average Bonchev–Trinajstić information content (AvgIpc) is 2.88. The number of nitrogens with one attached hydrogen (secondary N) is 1. The van der Waals surface area contributed by atoms with Gasteiger partial charge in [-0.1, -0.05) is 13.3 Å². The van der Waals surface area contributed by atoms with Crippen LogP contribution in [0, 0.1) is 0 Å². The maximum absolute atomic E-state index is 12.5. The van der Waals surface area contributed by atoms with Gasteiger partial charge in [0.2, 0.25) is 5.88 Å². The van der Waals surface area contributed by atoms with E-state index in [1.807, 2.05) is 0 Å². The summed E-state index contributed by atoms with van der Waals surface area (Å²) in [6.45, 7) is 2.09. The predicted octanol–water partition coefficient (Wildman–Crippen LogP) is 2.91. The van der Waals surface area contributed by atoms with Crippen molar-refractivity contribution in [2.75, 3.05) is 0 Å².